The van der Waals surface area contributed by atoms with Gasteiger partial charge < -0.3 is 14.8 Å². The lowest BCUT2D eigenvalue weighted by atomic mass is 9.80. The number of ether oxygens (including phenoxy) is 2. The van der Waals surface area contributed by atoms with Gasteiger partial charge in [0.25, 0.3) is 0 Å². The van der Waals surface area contributed by atoms with Crippen LogP contribution >= 0.6 is 12.2 Å². The van der Waals surface area contributed by atoms with Gasteiger partial charge in [0, 0.05) is 23.6 Å². The molecule has 1 N–H and O–H groups in total. The van der Waals surface area contributed by atoms with Crippen LogP contribution in [0.1, 0.15) is 48.1 Å². The largest absolute Gasteiger partial charge is 0.467 e. The molecule has 6 heteroatoms. The van der Waals surface area contributed by atoms with Crippen LogP contribution in [0.2, 0.25) is 0 Å². The average molecular weight is 394 g/mol. The molecule has 2 aromatic carbocycles. The van der Waals surface area contributed by atoms with Gasteiger partial charge in [0.1, 0.15) is 5.75 Å². The first-order chi connectivity index (χ1) is 13.6. The number of carbonyl (C=O) groups is 1. The minimum Gasteiger partial charge on any atom is -0.467 e. The number of fused-ring (bicyclic) bond motifs is 2. The number of anilines is 1. The van der Waals surface area contributed by atoms with Crippen molar-refractivity contribution in [2.24, 2.45) is 5.92 Å². The van der Waals surface area contributed by atoms with Crippen molar-refractivity contribution in [2.45, 2.75) is 38.0 Å². The molecule has 5 nitrogen and oxygen atoms in total. The van der Waals surface area contributed by atoms with Gasteiger partial charge in [-0.05, 0) is 62.3 Å². The van der Waals surface area contributed by atoms with Gasteiger partial charge >= 0.3 is 5.97 Å². The van der Waals surface area contributed by atoms with Crippen LogP contribution in [0.3, 0.4) is 0 Å². The molecule has 2 bridgehead atoms. The smallest absolute Gasteiger partial charge is 0.338 e. The fourth-order valence-corrected chi connectivity index (χ4v) is 5.33. The Bertz CT molecular complexity index is 945. The summed E-state index contributed by atoms with van der Waals surface area (Å²) < 4.78 is 11.8. The molecule has 1 saturated carbocycles. The van der Waals surface area contributed by atoms with E-state index in [1.165, 1.54) is 5.56 Å². The van der Waals surface area contributed by atoms with Crippen molar-refractivity contribution in [2.75, 3.05) is 11.5 Å². The summed E-state index contributed by atoms with van der Waals surface area (Å²) in [5.74, 6) is 0.931. The molecule has 0 spiro atoms. The van der Waals surface area contributed by atoms with Gasteiger partial charge in [-0.1, -0.05) is 18.2 Å². The van der Waals surface area contributed by atoms with Crippen LogP contribution in [-0.2, 0) is 4.74 Å². The van der Waals surface area contributed by atoms with Gasteiger partial charge in [-0.25, -0.2) is 4.79 Å². The highest BCUT2D eigenvalue weighted by atomic mass is 32.1. The highest BCUT2D eigenvalue weighted by Gasteiger charge is 2.60. The topological polar surface area (TPSA) is 50.8 Å². The molecular formula is C22H22N2O3S. The molecule has 0 aromatic heterocycles. The maximum Gasteiger partial charge on any atom is 0.338 e. The first kappa shape index (κ1) is 17.5. The molecule has 1 aliphatic carbocycles. The molecule has 3 unspecified atom stereocenters. The highest BCUT2D eigenvalue weighted by Crippen LogP contribution is 2.56. The SMILES string of the molecule is CCOC(=O)c1ccc(N2C(=S)NC3c4ccccc4OC24CCCC34)cc1. The van der Waals surface area contributed by atoms with Crippen LogP contribution in [0, 0.1) is 5.92 Å². The number of esters is 1. The summed E-state index contributed by atoms with van der Waals surface area (Å²) >= 11 is 5.78. The van der Waals surface area contributed by atoms with Gasteiger partial charge in [0.15, 0.2) is 10.8 Å². The Kier molecular flexibility index (Phi) is 4.05. The predicted molar refractivity (Wildman–Crippen MR) is 110 cm³/mol. The maximum atomic E-state index is 12.0. The van der Waals surface area contributed by atoms with Crippen LogP contribution in [0.4, 0.5) is 5.69 Å². The molecule has 3 aliphatic rings. The van der Waals surface area contributed by atoms with Gasteiger partial charge in [0.05, 0.1) is 18.2 Å². The van der Waals surface area contributed by atoms with E-state index in [4.69, 9.17) is 21.7 Å². The van der Waals surface area contributed by atoms with E-state index < -0.39 is 5.72 Å². The monoisotopic (exact) mass is 394 g/mol. The third-order valence-electron chi connectivity index (χ3n) is 6.07. The Hall–Kier alpha value is -2.60. The van der Waals surface area contributed by atoms with Crippen molar-refractivity contribution in [3.8, 4) is 5.75 Å². The van der Waals surface area contributed by atoms with Crippen LogP contribution in [0.15, 0.2) is 48.5 Å². The Morgan fingerprint density at radius 1 is 1.29 bits per heavy atom. The van der Waals surface area contributed by atoms with E-state index in [1.807, 2.05) is 24.3 Å². The summed E-state index contributed by atoms with van der Waals surface area (Å²) in [5, 5.41) is 4.23. The summed E-state index contributed by atoms with van der Waals surface area (Å²) in [7, 11) is 0. The Morgan fingerprint density at radius 2 is 2.07 bits per heavy atom. The zero-order chi connectivity index (χ0) is 19.3. The molecule has 0 radical (unpaired) electrons. The average Bonchev–Trinajstić information content (AvgIpc) is 3.13. The zero-order valence-electron chi connectivity index (χ0n) is 15.7. The molecule has 5 rings (SSSR count). The van der Waals surface area contributed by atoms with E-state index >= 15 is 0 Å². The van der Waals surface area contributed by atoms with Crippen LogP contribution in [0.25, 0.3) is 0 Å². The second-order valence-electron chi connectivity index (χ2n) is 7.51. The molecule has 2 aromatic rings. The number of rotatable bonds is 3. The first-order valence-electron chi connectivity index (χ1n) is 9.80. The Balaban J connectivity index is 1.56. The molecule has 2 heterocycles. The van der Waals surface area contributed by atoms with Gasteiger partial charge in [0.2, 0.25) is 0 Å². The minimum atomic E-state index is -0.479. The summed E-state index contributed by atoms with van der Waals surface area (Å²) in [6.07, 6.45) is 3.10. The van der Waals surface area contributed by atoms with E-state index in [0.29, 0.717) is 23.2 Å². The third kappa shape index (κ3) is 2.44. The molecule has 0 amide bonds. The van der Waals surface area contributed by atoms with Crippen LogP contribution in [0.5, 0.6) is 5.75 Å². The maximum absolute atomic E-state index is 12.0. The molecule has 2 aliphatic heterocycles. The number of benzene rings is 2. The van der Waals surface area contributed by atoms with Gasteiger partial charge in [-0.2, -0.15) is 0 Å². The summed E-state index contributed by atoms with van der Waals surface area (Å²) in [6, 6.07) is 15.8. The van der Waals surface area contributed by atoms with Crippen molar-refractivity contribution in [3.63, 3.8) is 0 Å². The lowest BCUT2D eigenvalue weighted by molar-refractivity contribution is -0.00505. The second-order valence-corrected chi connectivity index (χ2v) is 7.90. The van der Waals surface area contributed by atoms with Crippen molar-refractivity contribution in [1.29, 1.82) is 0 Å². The number of thiocarbonyl (C=S) groups is 1. The Morgan fingerprint density at radius 3 is 2.86 bits per heavy atom. The summed E-state index contributed by atoms with van der Waals surface area (Å²) in [4.78, 5) is 14.1. The quantitative estimate of drug-likeness (QED) is 0.622. The van der Waals surface area contributed by atoms with E-state index in [-0.39, 0.29) is 12.0 Å². The molecule has 28 heavy (non-hydrogen) atoms. The summed E-state index contributed by atoms with van der Waals surface area (Å²) in [6.45, 7) is 2.16. The van der Waals surface area contributed by atoms with Gasteiger partial charge in [-0.15, -0.1) is 0 Å². The second kappa shape index (κ2) is 6.48. The number of nitrogens with zero attached hydrogens (tertiary/aromatic N) is 1. The van der Waals surface area contributed by atoms with E-state index in [0.717, 1.165) is 30.7 Å². The van der Waals surface area contributed by atoms with Crippen molar-refractivity contribution >= 4 is 29.0 Å². The molecule has 3 atom stereocenters. The number of nitrogens with one attached hydrogen (secondary N) is 1. The lowest BCUT2D eigenvalue weighted by Crippen LogP contribution is -2.69. The number of carbonyl (C=O) groups excluding carboxylic acids is 1. The summed E-state index contributed by atoms with van der Waals surface area (Å²) in [5.41, 5.74) is 2.17. The fraction of sp³-hybridized carbons (Fsp3) is 0.364. The van der Waals surface area contributed by atoms with Crippen molar-refractivity contribution < 1.29 is 14.3 Å². The van der Waals surface area contributed by atoms with E-state index in [9.17, 15) is 4.79 Å². The third-order valence-corrected chi connectivity index (χ3v) is 6.37. The molecule has 1 saturated heterocycles. The minimum absolute atomic E-state index is 0.176. The van der Waals surface area contributed by atoms with Crippen LogP contribution < -0.4 is 15.0 Å². The Labute approximate surface area is 169 Å². The van der Waals surface area contributed by atoms with Crippen molar-refractivity contribution in [3.05, 3.63) is 59.7 Å². The number of hydrogen-bond acceptors (Lipinski definition) is 4. The van der Waals surface area contributed by atoms with E-state index in [1.54, 1.807) is 19.1 Å². The predicted octanol–water partition coefficient (Wildman–Crippen LogP) is 4.19. The first-order valence-corrected chi connectivity index (χ1v) is 10.2. The van der Waals surface area contributed by atoms with E-state index in [2.05, 4.69) is 22.3 Å². The molecular weight excluding hydrogens is 372 g/mol. The highest BCUT2D eigenvalue weighted by molar-refractivity contribution is 7.80. The van der Waals surface area contributed by atoms with Crippen LogP contribution in [-0.4, -0.2) is 23.4 Å². The fourth-order valence-electron chi connectivity index (χ4n) is 4.95. The van der Waals surface area contributed by atoms with Crippen molar-refractivity contribution in [1.82, 2.24) is 5.32 Å². The lowest BCUT2D eigenvalue weighted by Gasteiger charge is -2.56. The normalized spacial score (nSPS) is 27.3. The van der Waals surface area contributed by atoms with Gasteiger partial charge in [-0.3, -0.25) is 4.90 Å². The molecule has 2 fully saturated rings. The zero-order valence-corrected chi connectivity index (χ0v) is 16.5. The molecule has 144 valence electrons. The standard InChI is InChI=1S/C22H22N2O3S/c1-2-26-20(25)14-9-11-15(12-10-14)24-21(28)23-19-16-6-3-4-8-18(16)27-22(24)13-5-7-17(19)22/h3-4,6,8-12,17,19H,2,5,7,13H2,1H3,(H,23,28). The number of hydrogen-bond donors (Lipinski definition) is 1. The number of para-hydroxylation sites is 1.